The Balaban J connectivity index is 3.02. The van der Waals surface area contributed by atoms with Crippen molar-refractivity contribution in [3.05, 3.63) is 41.5 Å². The van der Waals surface area contributed by atoms with Gasteiger partial charge in [-0.2, -0.15) is 0 Å². The third-order valence-corrected chi connectivity index (χ3v) is 3.48. The zero-order valence-electron chi connectivity index (χ0n) is 12.6. The number of hydrogen-bond acceptors (Lipinski definition) is 2. The van der Waals surface area contributed by atoms with Crippen molar-refractivity contribution >= 4 is 0 Å². The minimum Gasteiger partial charge on any atom is -0.497 e. The molecule has 0 heterocycles. The molecule has 19 heavy (non-hydrogen) atoms. The van der Waals surface area contributed by atoms with Crippen molar-refractivity contribution in [1.29, 1.82) is 0 Å². The Kier molecular flexibility index (Phi) is 6.10. The number of benzene rings is 1. The van der Waals surface area contributed by atoms with Crippen molar-refractivity contribution in [3.8, 4) is 5.75 Å². The number of aliphatic hydroxyl groups is 1. The van der Waals surface area contributed by atoms with E-state index in [-0.39, 0.29) is 0 Å². The van der Waals surface area contributed by atoms with Crippen LogP contribution in [-0.2, 0) is 5.60 Å². The van der Waals surface area contributed by atoms with Crippen molar-refractivity contribution in [2.45, 2.75) is 52.1 Å². The lowest BCUT2D eigenvalue weighted by atomic mass is 9.84. The first-order valence-corrected chi connectivity index (χ1v) is 7.12. The van der Waals surface area contributed by atoms with Gasteiger partial charge in [0.05, 0.1) is 7.11 Å². The molecule has 0 saturated heterocycles. The van der Waals surface area contributed by atoms with Crippen LogP contribution in [0.1, 0.15) is 52.0 Å². The van der Waals surface area contributed by atoms with Crippen molar-refractivity contribution < 1.29 is 9.84 Å². The average molecular weight is 262 g/mol. The van der Waals surface area contributed by atoms with Crippen LogP contribution < -0.4 is 4.74 Å². The molecule has 1 rings (SSSR count). The van der Waals surface area contributed by atoms with Gasteiger partial charge in [0.1, 0.15) is 11.4 Å². The van der Waals surface area contributed by atoms with Crippen LogP contribution in [-0.4, -0.2) is 12.2 Å². The number of allylic oxidation sites excluding steroid dienone is 1. The van der Waals surface area contributed by atoms with Crippen molar-refractivity contribution in [3.63, 3.8) is 0 Å². The monoisotopic (exact) mass is 262 g/mol. The Morgan fingerprint density at radius 2 is 1.84 bits per heavy atom. The second-order valence-corrected chi connectivity index (χ2v) is 5.07. The molecule has 1 atom stereocenters. The van der Waals surface area contributed by atoms with Crippen LogP contribution in [0.5, 0.6) is 5.75 Å². The summed E-state index contributed by atoms with van der Waals surface area (Å²) >= 11 is 0. The minimum absolute atomic E-state index is 0.814. The summed E-state index contributed by atoms with van der Waals surface area (Å²) in [5.41, 5.74) is 1.14. The zero-order valence-corrected chi connectivity index (χ0v) is 12.6. The third kappa shape index (κ3) is 4.10. The van der Waals surface area contributed by atoms with Crippen molar-refractivity contribution in [2.75, 3.05) is 7.11 Å². The summed E-state index contributed by atoms with van der Waals surface area (Å²) < 4.78 is 5.16. The van der Waals surface area contributed by atoms with Gasteiger partial charge < -0.3 is 9.84 Å². The SMILES string of the molecule is CCC/C=C(\CCC)C(C)(O)c1ccc(OC)cc1. The second kappa shape index (κ2) is 7.34. The highest BCUT2D eigenvalue weighted by Gasteiger charge is 2.27. The molecule has 0 amide bonds. The highest BCUT2D eigenvalue weighted by Crippen LogP contribution is 2.33. The van der Waals surface area contributed by atoms with E-state index in [0.717, 1.165) is 42.6 Å². The highest BCUT2D eigenvalue weighted by molar-refractivity contribution is 5.36. The maximum absolute atomic E-state index is 10.9. The van der Waals surface area contributed by atoms with Crippen LogP contribution in [0.4, 0.5) is 0 Å². The molecule has 1 aromatic rings. The standard InChI is InChI=1S/C17H26O2/c1-5-7-9-14(8-6-2)17(3,18)15-10-12-16(19-4)13-11-15/h9-13,18H,5-8H2,1-4H3/b14-9+. The van der Waals surface area contributed by atoms with Crippen molar-refractivity contribution in [2.24, 2.45) is 0 Å². The summed E-state index contributed by atoms with van der Waals surface area (Å²) in [6.45, 7) is 6.18. The minimum atomic E-state index is -0.891. The summed E-state index contributed by atoms with van der Waals surface area (Å²) in [7, 11) is 1.65. The van der Waals surface area contributed by atoms with Gasteiger partial charge in [0.2, 0.25) is 0 Å². The molecule has 0 aliphatic rings. The van der Waals surface area contributed by atoms with Crippen LogP contribution >= 0.6 is 0 Å². The molecule has 0 aliphatic carbocycles. The van der Waals surface area contributed by atoms with E-state index in [1.54, 1.807) is 7.11 Å². The van der Waals surface area contributed by atoms with Gasteiger partial charge >= 0.3 is 0 Å². The van der Waals surface area contributed by atoms with E-state index in [9.17, 15) is 5.11 Å². The quantitative estimate of drug-likeness (QED) is 0.737. The molecule has 0 fully saturated rings. The van der Waals surface area contributed by atoms with E-state index in [2.05, 4.69) is 19.9 Å². The molecule has 0 saturated carbocycles. The van der Waals surface area contributed by atoms with Gasteiger partial charge in [-0.1, -0.05) is 44.9 Å². The first-order chi connectivity index (χ1) is 9.06. The smallest absolute Gasteiger partial charge is 0.118 e. The molecule has 0 radical (unpaired) electrons. The van der Waals surface area contributed by atoms with Gasteiger partial charge in [-0.15, -0.1) is 0 Å². The summed E-state index contributed by atoms with van der Waals surface area (Å²) in [5.74, 6) is 0.814. The lowest BCUT2D eigenvalue weighted by Gasteiger charge is -2.28. The Morgan fingerprint density at radius 3 is 2.32 bits per heavy atom. The highest BCUT2D eigenvalue weighted by atomic mass is 16.5. The Labute approximate surface area is 117 Å². The van der Waals surface area contributed by atoms with Gasteiger partial charge in [0.15, 0.2) is 0 Å². The van der Waals surface area contributed by atoms with Crippen LogP contribution in [0.25, 0.3) is 0 Å². The molecule has 2 nitrogen and oxygen atoms in total. The van der Waals surface area contributed by atoms with E-state index in [4.69, 9.17) is 4.74 Å². The van der Waals surface area contributed by atoms with E-state index >= 15 is 0 Å². The topological polar surface area (TPSA) is 29.5 Å². The van der Waals surface area contributed by atoms with E-state index < -0.39 is 5.60 Å². The Hall–Kier alpha value is -1.28. The average Bonchev–Trinajstić information content (AvgIpc) is 2.43. The van der Waals surface area contributed by atoms with Crippen LogP contribution in [0.2, 0.25) is 0 Å². The molecular formula is C17H26O2. The molecule has 0 bridgehead atoms. The van der Waals surface area contributed by atoms with E-state index in [1.807, 2.05) is 31.2 Å². The predicted octanol–water partition coefficient (Wildman–Crippen LogP) is 4.43. The van der Waals surface area contributed by atoms with Gasteiger partial charge in [-0.3, -0.25) is 0 Å². The first kappa shape index (κ1) is 15.8. The molecular weight excluding hydrogens is 236 g/mol. The predicted molar refractivity (Wildman–Crippen MR) is 80.5 cm³/mol. The summed E-state index contributed by atoms with van der Waals surface area (Å²) in [6, 6.07) is 7.67. The normalized spacial score (nSPS) is 15.1. The summed E-state index contributed by atoms with van der Waals surface area (Å²) in [5, 5.41) is 10.9. The fraction of sp³-hybridized carbons (Fsp3) is 0.529. The number of unbranched alkanes of at least 4 members (excludes halogenated alkanes) is 1. The van der Waals surface area contributed by atoms with Gasteiger partial charge in [0.25, 0.3) is 0 Å². The molecule has 1 aromatic carbocycles. The number of methoxy groups -OCH3 is 1. The zero-order chi connectivity index (χ0) is 14.3. The summed E-state index contributed by atoms with van der Waals surface area (Å²) in [6.07, 6.45) is 6.28. The maximum atomic E-state index is 10.9. The molecule has 0 aliphatic heterocycles. The number of hydrogen-bond donors (Lipinski definition) is 1. The van der Waals surface area contributed by atoms with Gasteiger partial charge in [-0.25, -0.2) is 0 Å². The molecule has 0 aromatic heterocycles. The number of rotatable bonds is 7. The van der Waals surface area contributed by atoms with E-state index in [0.29, 0.717) is 0 Å². The Morgan fingerprint density at radius 1 is 1.21 bits per heavy atom. The lowest BCUT2D eigenvalue weighted by Crippen LogP contribution is -2.24. The molecule has 2 heteroatoms. The fourth-order valence-corrected chi connectivity index (χ4v) is 2.23. The maximum Gasteiger partial charge on any atom is 0.118 e. The van der Waals surface area contributed by atoms with E-state index in [1.165, 1.54) is 0 Å². The summed E-state index contributed by atoms with van der Waals surface area (Å²) in [4.78, 5) is 0. The third-order valence-electron chi connectivity index (χ3n) is 3.48. The lowest BCUT2D eigenvalue weighted by molar-refractivity contribution is 0.0929. The fourth-order valence-electron chi connectivity index (χ4n) is 2.23. The number of ether oxygens (including phenoxy) is 1. The van der Waals surface area contributed by atoms with Crippen molar-refractivity contribution in [1.82, 2.24) is 0 Å². The van der Waals surface area contributed by atoms with Crippen LogP contribution in [0, 0.1) is 0 Å². The second-order valence-electron chi connectivity index (χ2n) is 5.07. The molecule has 0 spiro atoms. The molecule has 1 unspecified atom stereocenters. The largest absolute Gasteiger partial charge is 0.497 e. The molecule has 1 N–H and O–H groups in total. The van der Waals surface area contributed by atoms with Crippen LogP contribution in [0.3, 0.4) is 0 Å². The Bertz CT molecular complexity index is 402. The van der Waals surface area contributed by atoms with Gasteiger partial charge in [0, 0.05) is 0 Å². The molecule has 106 valence electrons. The first-order valence-electron chi connectivity index (χ1n) is 7.12. The van der Waals surface area contributed by atoms with Crippen LogP contribution in [0.15, 0.2) is 35.9 Å². The van der Waals surface area contributed by atoms with Gasteiger partial charge in [-0.05, 0) is 43.0 Å².